The molecule has 4 rings (SSSR count). The number of aromatic nitrogens is 3. The maximum absolute atomic E-state index is 12.8. The van der Waals surface area contributed by atoms with E-state index in [1.165, 1.54) is 0 Å². The van der Waals surface area contributed by atoms with Crippen LogP contribution in [0.15, 0.2) is 27.2 Å². The Morgan fingerprint density at radius 1 is 1.24 bits per heavy atom. The summed E-state index contributed by atoms with van der Waals surface area (Å²) < 4.78 is 10.4. The first-order chi connectivity index (χ1) is 14.0. The molecule has 1 saturated heterocycles. The molecule has 4 heterocycles. The summed E-state index contributed by atoms with van der Waals surface area (Å²) in [5.41, 5.74) is 4.55. The summed E-state index contributed by atoms with van der Waals surface area (Å²) in [6, 6.07) is 5.49. The summed E-state index contributed by atoms with van der Waals surface area (Å²) in [6.45, 7) is 6.62. The number of aliphatic hydroxyl groups excluding tert-OH is 1. The van der Waals surface area contributed by atoms with Gasteiger partial charge in [-0.3, -0.25) is 9.78 Å². The Hall–Kier alpha value is -3.00. The van der Waals surface area contributed by atoms with Crippen molar-refractivity contribution in [3.05, 3.63) is 52.4 Å². The highest BCUT2D eigenvalue weighted by atomic mass is 16.5. The minimum absolute atomic E-state index is 0.101. The molecule has 0 unspecified atom stereocenters. The van der Waals surface area contributed by atoms with Crippen molar-refractivity contribution >= 4 is 5.91 Å². The highest BCUT2D eigenvalue weighted by Gasteiger charge is 2.29. The lowest BCUT2D eigenvalue weighted by atomic mass is 9.92. The van der Waals surface area contributed by atoms with Gasteiger partial charge in [0, 0.05) is 36.3 Å². The SMILES string of the molecule is Cc1cc(C(=O)N2CCC[C@H](c3ccc(CO)c(-c4c(C)noc4C)n3)C2)on1. The molecule has 0 saturated carbocycles. The summed E-state index contributed by atoms with van der Waals surface area (Å²) in [5, 5.41) is 17.6. The van der Waals surface area contributed by atoms with Crippen LogP contribution < -0.4 is 0 Å². The number of aliphatic hydroxyl groups is 1. The number of rotatable bonds is 4. The molecule has 0 radical (unpaired) electrons. The number of amides is 1. The molecule has 1 aliphatic rings. The van der Waals surface area contributed by atoms with Gasteiger partial charge in [-0.2, -0.15) is 0 Å². The Bertz CT molecular complexity index is 1020. The second kappa shape index (κ2) is 7.79. The minimum Gasteiger partial charge on any atom is -0.392 e. The molecule has 29 heavy (non-hydrogen) atoms. The zero-order valence-electron chi connectivity index (χ0n) is 16.8. The largest absolute Gasteiger partial charge is 0.392 e. The third-order valence-corrected chi connectivity index (χ3v) is 5.41. The Kier molecular flexibility index (Phi) is 5.19. The predicted octanol–water partition coefficient (Wildman–Crippen LogP) is 3.16. The number of pyridine rings is 1. The van der Waals surface area contributed by atoms with Gasteiger partial charge < -0.3 is 19.1 Å². The molecule has 0 spiro atoms. The molecule has 1 amide bonds. The van der Waals surface area contributed by atoms with Crippen molar-refractivity contribution in [3.63, 3.8) is 0 Å². The molecule has 8 nitrogen and oxygen atoms in total. The van der Waals surface area contributed by atoms with Gasteiger partial charge in [0.15, 0.2) is 0 Å². The summed E-state index contributed by atoms with van der Waals surface area (Å²) >= 11 is 0. The topological polar surface area (TPSA) is 105 Å². The Balaban J connectivity index is 1.63. The molecule has 3 aromatic rings. The number of piperidine rings is 1. The van der Waals surface area contributed by atoms with Crippen LogP contribution in [-0.4, -0.2) is 44.3 Å². The van der Waals surface area contributed by atoms with E-state index in [0.29, 0.717) is 30.2 Å². The number of carbonyl (C=O) groups is 1. The van der Waals surface area contributed by atoms with Gasteiger partial charge in [-0.05, 0) is 39.7 Å². The number of hydrogen-bond donors (Lipinski definition) is 1. The van der Waals surface area contributed by atoms with Gasteiger partial charge in [-0.25, -0.2) is 0 Å². The molecule has 1 N–H and O–H groups in total. The fourth-order valence-electron chi connectivity index (χ4n) is 3.92. The highest BCUT2D eigenvalue weighted by molar-refractivity contribution is 5.91. The third-order valence-electron chi connectivity index (χ3n) is 5.41. The average molecular weight is 396 g/mol. The number of aryl methyl sites for hydroxylation is 3. The third kappa shape index (κ3) is 3.67. The van der Waals surface area contributed by atoms with Crippen LogP contribution in [0.25, 0.3) is 11.3 Å². The van der Waals surface area contributed by atoms with E-state index < -0.39 is 0 Å². The predicted molar refractivity (Wildman–Crippen MR) is 104 cm³/mol. The van der Waals surface area contributed by atoms with E-state index in [1.807, 2.05) is 26.0 Å². The van der Waals surface area contributed by atoms with Crippen molar-refractivity contribution in [1.82, 2.24) is 20.2 Å². The molecule has 0 aromatic carbocycles. The van der Waals surface area contributed by atoms with Gasteiger partial charge in [-0.1, -0.05) is 16.4 Å². The van der Waals surface area contributed by atoms with Crippen LogP contribution >= 0.6 is 0 Å². The van der Waals surface area contributed by atoms with E-state index in [9.17, 15) is 9.90 Å². The van der Waals surface area contributed by atoms with Gasteiger partial charge >= 0.3 is 0 Å². The van der Waals surface area contributed by atoms with Gasteiger partial charge in [0.2, 0.25) is 5.76 Å². The van der Waals surface area contributed by atoms with Crippen LogP contribution in [0.5, 0.6) is 0 Å². The van der Waals surface area contributed by atoms with Crippen molar-refractivity contribution in [3.8, 4) is 11.3 Å². The fourth-order valence-corrected chi connectivity index (χ4v) is 3.92. The van der Waals surface area contributed by atoms with Crippen molar-refractivity contribution < 1.29 is 18.9 Å². The van der Waals surface area contributed by atoms with Crippen LogP contribution in [0.3, 0.4) is 0 Å². The second-order valence-corrected chi connectivity index (χ2v) is 7.52. The zero-order chi connectivity index (χ0) is 20.5. The molecular weight excluding hydrogens is 372 g/mol. The smallest absolute Gasteiger partial charge is 0.292 e. The number of likely N-dealkylation sites (tertiary alicyclic amines) is 1. The van der Waals surface area contributed by atoms with E-state index >= 15 is 0 Å². The molecule has 152 valence electrons. The second-order valence-electron chi connectivity index (χ2n) is 7.52. The molecule has 1 atom stereocenters. The summed E-state index contributed by atoms with van der Waals surface area (Å²) in [7, 11) is 0. The normalized spacial score (nSPS) is 17.0. The zero-order valence-corrected chi connectivity index (χ0v) is 16.8. The van der Waals surface area contributed by atoms with Crippen molar-refractivity contribution in [2.75, 3.05) is 13.1 Å². The Labute approximate surface area is 168 Å². The fraction of sp³-hybridized carbons (Fsp3) is 0.429. The summed E-state index contributed by atoms with van der Waals surface area (Å²) in [6.07, 6.45) is 1.82. The summed E-state index contributed by atoms with van der Waals surface area (Å²) in [4.78, 5) is 19.4. The maximum Gasteiger partial charge on any atom is 0.292 e. The minimum atomic E-state index is -0.145. The van der Waals surface area contributed by atoms with Crippen LogP contribution in [0, 0.1) is 20.8 Å². The summed E-state index contributed by atoms with van der Waals surface area (Å²) in [5.74, 6) is 0.892. The molecule has 8 heteroatoms. The molecular formula is C21H24N4O4. The van der Waals surface area contributed by atoms with Crippen molar-refractivity contribution in [2.45, 2.75) is 46.1 Å². The monoisotopic (exact) mass is 396 g/mol. The lowest BCUT2D eigenvalue weighted by molar-refractivity contribution is 0.0664. The van der Waals surface area contributed by atoms with Crippen molar-refractivity contribution in [1.29, 1.82) is 0 Å². The first-order valence-electron chi connectivity index (χ1n) is 9.74. The van der Waals surface area contributed by atoms with Crippen LogP contribution in [0.1, 0.15) is 57.7 Å². The molecule has 3 aromatic heterocycles. The van der Waals surface area contributed by atoms with E-state index in [4.69, 9.17) is 14.0 Å². The maximum atomic E-state index is 12.8. The van der Waals surface area contributed by atoms with Crippen LogP contribution in [0.2, 0.25) is 0 Å². The molecule has 1 fully saturated rings. The Morgan fingerprint density at radius 2 is 2.07 bits per heavy atom. The van der Waals surface area contributed by atoms with Gasteiger partial charge in [0.25, 0.3) is 5.91 Å². The highest BCUT2D eigenvalue weighted by Crippen LogP contribution is 2.32. The number of nitrogens with zero attached hydrogens (tertiary/aromatic N) is 4. The van der Waals surface area contributed by atoms with E-state index in [2.05, 4.69) is 10.3 Å². The molecule has 0 bridgehead atoms. The van der Waals surface area contributed by atoms with Crippen molar-refractivity contribution in [2.24, 2.45) is 0 Å². The van der Waals surface area contributed by atoms with E-state index in [0.717, 1.165) is 35.4 Å². The van der Waals surface area contributed by atoms with E-state index in [1.54, 1.807) is 17.9 Å². The quantitative estimate of drug-likeness (QED) is 0.722. The number of hydrogen-bond acceptors (Lipinski definition) is 7. The van der Waals surface area contributed by atoms with Gasteiger partial charge in [0.1, 0.15) is 5.76 Å². The first kappa shape index (κ1) is 19.3. The standard InChI is InChI=1S/C21H24N4O4/c1-12-9-18(29-23-12)21(27)25-8-4-5-15(10-25)17-7-6-16(11-26)20(22-17)19-13(2)24-28-14(19)3/h6-7,9,15,26H,4-5,8,10-11H2,1-3H3/t15-/m0/s1. The van der Waals surface area contributed by atoms with Gasteiger partial charge in [0.05, 0.1) is 29.3 Å². The Morgan fingerprint density at radius 3 is 2.72 bits per heavy atom. The van der Waals surface area contributed by atoms with Gasteiger partial charge in [-0.15, -0.1) is 0 Å². The lowest BCUT2D eigenvalue weighted by Crippen LogP contribution is -2.39. The lowest BCUT2D eigenvalue weighted by Gasteiger charge is -2.32. The molecule has 0 aliphatic carbocycles. The van der Waals surface area contributed by atoms with Crippen LogP contribution in [0.4, 0.5) is 0 Å². The van der Waals surface area contributed by atoms with Crippen LogP contribution in [-0.2, 0) is 6.61 Å². The average Bonchev–Trinajstić information content (AvgIpc) is 3.32. The molecule has 1 aliphatic heterocycles. The first-order valence-corrected chi connectivity index (χ1v) is 9.74. The van der Waals surface area contributed by atoms with E-state index in [-0.39, 0.29) is 24.2 Å². The number of carbonyl (C=O) groups excluding carboxylic acids is 1.